The Bertz CT molecular complexity index is 748. The maximum atomic E-state index is 12.8. The van der Waals surface area contributed by atoms with E-state index in [4.69, 9.17) is 0 Å². The predicted octanol–water partition coefficient (Wildman–Crippen LogP) is 4.06. The minimum Gasteiger partial charge on any atom is -0.323 e. The zero-order valence-corrected chi connectivity index (χ0v) is 15.1. The lowest BCUT2D eigenvalue weighted by Crippen LogP contribution is -2.28. The molecule has 0 unspecified atom stereocenters. The zero-order valence-electron chi connectivity index (χ0n) is 15.1. The first-order valence-corrected chi connectivity index (χ1v) is 8.43. The van der Waals surface area contributed by atoms with Crippen molar-refractivity contribution >= 4 is 11.6 Å². The first-order chi connectivity index (χ1) is 11.2. The molecule has 0 radical (unpaired) electrons. The SMILES string of the molecule is Cc1cc(C)cc(C2(C(=O)Nc3cnc(C(C)(C)C)nc3)CC2)c1. The molecule has 1 aliphatic rings. The monoisotopic (exact) mass is 323 g/mol. The van der Waals surface area contributed by atoms with Crippen molar-refractivity contribution < 1.29 is 4.79 Å². The van der Waals surface area contributed by atoms with Crippen LogP contribution in [0.4, 0.5) is 5.69 Å². The van der Waals surface area contributed by atoms with Crippen LogP contribution in [0.3, 0.4) is 0 Å². The van der Waals surface area contributed by atoms with Crippen molar-refractivity contribution in [2.24, 2.45) is 0 Å². The van der Waals surface area contributed by atoms with Gasteiger partial charge in [-0.1, -0.05) is 50.1 Å². The number of anilines is 1. The third kappa shape index (κ3) is 3.18. The molecule has 1 heterocycles. The first-order valence-electron chi connectivity index (χ1n) is 8.43. The molecule has 4 heteroatoms. The molecule has 1 aliphatic carbocycles. The maximum Gasteiger partial charge on any atom is 0.235 e. The van der Waals surface area contributed by atoms with Crippen molar-refractivity contribution in [2.45, 2.75) is 58.3 Å². The molecule has 4 nitrogen and oxygen atoms in total. The lowest BCUT2D eigenvalue weighted by Gasteiger charge is -2.18. The van der Waals surface area contributed by atoms with Crippen LogP contribution in [0, 0.1) is 13.8 Å². The average Bonchev–Trinajstić information content (AvgIpc) is 3.27. The van der Waals surface area contributed by atoms with Gasteiger partial charge in [0.2, 0.25) is 5.91 Å². The number of carbonyl (C=O) groups is 1. The van der Waals surface area contributed by atoms with Gasteiger partial charge in [-0.25, -0.2) is 9.97 Å². The van der Waals surface area contributed by atoms with Crippen LogP contribution in [0.5, 0.6) is 0 Å². The predicted molar refractivity (Wildman–Crippen MR) is 96.2 cm³/mol. The summed E-state index contributed by atoms with van der Waals surface area (Å²) >= 11 is 0. The fourth-order valence-electron chi connectivity index (χ4n) is 3.05. The van der Waals surface area contributed by atoms with Gasteiger partial charge in [-0.2, -0.15) is 0 Å². The third-order valence-corrected chi connectivity index (χ3v) is 4.54. The topological polar surface area (TPSA) is 54.9 Å². The molecule has 1 aromatic carbocycles. The van der Waals surface area contributed by atoms with Crippen molar-refractivity contribution in [3.63, 3.8) is 0 Å². The van der Waals surface area contributed by atoms with Crippen molar-refractivity contribution in [1.29, 1.82) is 0 Å². The van der Waals surface area contributed by atoms with E-state index >= 15 is 0 Å². The minimum atomic E-state index is -0.389. The van der Waals surface area contributed by atoms with Gasteiger partial charge in [0.05, 0.1) is 23.5 Å². The second-order valence-corrected chi connectivity index (χ2v) is 7.96. The summed E-state index contributed by atoms with van der Waals surface area (Å²) in [4.78, 5) is 21.6. The molecule has 126 valence electrons. The van der Waals surface area contributed by atoms with Crippen LogP contribution in [0.2, 0.25) is 0 Å². The summed E-state index contributed by atoms with van der Waals surface area (Å²) < 4.78 is 0. The van der Waals surface area contributed by atoms with E-state index in [-0.39, 0.29) is 16.7 Å². The third-order valence-electron chi connectivity index (χ3n) is 4.54. The van der Waals surface area contributed by atoms with Crippen LogP contribution in [0.15, 0.2) is 30.6 Å². The van der Waals surface area contributed by atoms with E-state index in [2.05, 4.69) is 68.1 Å². The minimum absolute atomic E-state index is 0.0413. The van der Waals surface area contributed by atoms with Crippen molar-refractivity contribution in [3.8, 4) is 0 Å². The largest absolute Gasteiger partial charge is 0.323 e. The number of amides is 1. The molecule has 24 heavy (non-hydrogen) atoms. The summed E-state index contributed by atoms with van der Waals surface area (Å²) in [6.07, 6.45) is 5.18. The van der Waals surface area contributed by atoms with Gasteiger partial charge >= 0.3 is 0 Å². The van der Waals surface area contributed by atoms with E-state index in [1.54, 1.807) is 12.4 Å². The van der Waals surface area contributed by atoms with Crippen LogP contribution in [0.1, 0.15) is 56.1 Å². The summed E-state index contributed by atoms with van der Waals surface area (Å²) in [5.74, 6) is 0.815. The van der Waals surface area contributed by atoms with Gasteiger partial charge in [-0.15, -0.1) is 0 Å². The van der Waals surface area contributed by atoms with E-state index in [0.29, 0.717) is 5.69 Å². The van der Waals surface area contributed by atoms with E-state index in [9.17, 15) is 4.79 Å². The van der Waals surface area contributed by atoms with Crippen LogP contribution in [-0.4, -0.2) is 15.9 Å². The number of aryl methyl sites for hydroxylation is 2. The molecule has 0 atom stereocenters. The van der Waals surface area contributed by atoms with Crippen molar-refractivity contribution in [3.05, 3.63) is 53.1 Å². The summed E-state index contributed by atoms with van der Waals surface area (Å²) in [6.45, 7) is 10.4. The molecule has 1 N–H and O–H groups in total. The summed E-state index contributed by atoms with van der Waals surface area (Å²) in [7, 11) is 0. The van der Waals surface area contributed by atoms with Gasteiger partial charge in [0.1, 0.15) is 5.82 Å². The summed E-state index contributed by atoms with van der Waals surface area (Å²) in [5.41, 5.74) is 3.68. The number of nitrogens with one attached hydrogen (secondary N) is 1. The van der Waals surface area contributed by atoms with Gasteiger partial charge in [0.15, 0.2) is 0 Å². The highest BCUT2D eigenvalue weighted by atomic mass is 16.2. The van der Waals surface area contributed by atoms with Gasteiger partial charge in [-0.05, 0) is 32.3 Å². The Kier molecular flexibility index (Phi) is 3.94. The van der Waals surface area contributed by atoms with E-state index in [1.807, 2.05) is 0 Å². The van der Waals surface area contributed by atoms with Crippen LogP contribution < -0.4 is 5.32 Å². The number of rotatable bonds is 3. The number of hydrogen-bond donors (Lipinski definition) is 1. The molecule has 1 aromatic heterocycles. The summed E-state index contributed by atoms with van der Waals surface area (Å²) in [5, 5.41) is 3.00. The van der Waals surface area contributed by atoms with Gasteiger partial charge in [0, 0.05) is 5.41 Å². The standard InChI is InChI=1S/C20H25N3O/c1-13-8-14(2)10-15(9-13)20(6-7-20)18(24)23-16-11-21-17(22-12-16)19(3,4)5/h8-12H,6-7H2,1-5H3,(H,23,24). The molecule has 0 aliphatic heterocycles. The Hall–Kier alpha value is -2.23. The highest BCUT2D eigenvalue weighted by molar-refractivity contribution is 6.01. The Balaban J connectivity index is 1.79. The highest BCUT2D eigenvalue weighted by Crippen LogP contribution is 2.49. The average molecular weight is 323 g/mol. The van der Waals surface area contributed by atoms with Crippen LogP contribution >= 0.6 is 0 Å². The van der Waals surface area contributed by atoms with Crippen LogP contribution in [0.25, 0.3) is 0 Å². The van der Waals surface area contributed by atoms with Gasteiger partial charge in [0.25, 0.3) is 0 Å². The molecule has 0 spiro atoms. The molecule has 1 fully saturated rings. The highest BCUT2D eigenvalue weighted by Gasteiger charge is 2.51. The number of aromatic nitrogens is 2. The van der Waals surface area contributed by atoms with Crippen molar-refractivity contribution in [2.75, 3.05) is 5.32 Å². The molecule has 0 saturated heterocycles. The quantitative estimate of drug-likeness (QED) is 0.926. The fraction of sp³-hybridized carbons (Fsp3) is 0.450. The van der Waals surface area contributed by atoms with Gasteiger partial charge in [-0.3, -0.25) is 4.79 Å². The maximum absolute atomic E-state index is 12.8. The van der Waals surface area contributed by atoms with E-state index < -0.39 is 0 Å². The molecule has 1 amide bonds. The lowest BCUT2D eigenvalue weighted by molar-refractivity contribution is -0.118. The molecular formula is C20H25N3O. The Labute approximate surface area is 143 Å². The smallest absolute Gasteiger partial charge is 0.235 e. The normalized spacial score (nSPS) is 15.9. The summed E-state index contributed by atoms with van der Waals surface area (Å²) in [6, 6.07) is 6.38. The van der Waals surface area contributed by atoms with Crippen LogP contribution in [-0.2, 0) is 15.6 Å². The Morgan fingerprint density at radius 3 is 2.04 bits per heavy atom. The second-order valence-electron chi connectivity index (χ2n) is 7.96. The first kappa shape index (κ1) is 16.6. The lowest BCUT2D eigenvalue weighted by atomic mass is 9.92. The molecule has 2 aromatic rings. The fourth-order valence-corrected chi connectivity index (χ4v) is 3.05. The molecule has 1 saturated carbocycles. The zero-order chi connectivity index (χ0) is 17.5. The van der Waals surface area contributed by atoms with Gasteiger partial charge < -0.3 is 5.32 Å². The number of nitrogens with zero attached hydrogens (tertiary/aromatic N) is 2. The van der Waals surface area contributed by atoms with E-state index in [1.165, 1.54) is 11.1 Å². The molecular weight excluding hydrogens is 298 g/mol. The number of carbonyl (C=O) groups excluding carboxylic acids is 1. The molecule has 0 bridgehead atoms. The van der Waals surface area contributed by atoms with E-state index in [0.717, 1.165) is 24.2 Å². The Morgan fingerprint density at radius 1 is 1.04 bits per heavy atom. The van der Waals surface area contributed by atoms with Crippen molar-refractivity contribution in [1.82, 2.24) is 9.97 Å². The second kappa shape index (κ2) is 5.69. The molecule has 3 rings (SSSR count). The number of hydrogen-bond acceptors (Lipinski definition) is 3. The number of benzene rings is 1. The Morgan fingerprint density at radius 2 is 1.58 bits per heavy atom.